The summed E-state index contributed by atoms with van der Waals surface area (Å²) in [6.07, 6.45) is 0. The maximum atomic E-state index is 11.6. The van der Waals surface area contributed by atoms with Crippen LogP contribution in [0.4, 0.5) is 5.69 Å². The Kier molecular flexibility index (Phi) is 4.78. The first-order valence-corrected chi connectivity index (χ1v) is 6.39. The summed E-state index contributed by atoms with van der Waals surface area (Å²) in [6.45, 7) is -0.885. The van der Waals surface area contributed by atoms with Gasteiger partial charge in [-0.3, -0.25) is 15.0 Å². The van der Waals surface area contributed by atoms with Crippen LogP contribution in [0.15, 0.2) is 23.1 Å². The van der Waals surface area contributed by atoms with E-state index in [0.29, 0.717) is 0 Å². The Bertz CT molecular complexity index is 616. The SMILES string of the molecule is O=C(O)CONS(=O)(=O)c1ccc([N+](=O)[O-])cc1Cl. The second kappa shape index (κ2) is 5.93. The van der Waals surface area contributed by atoms with Crippen LogP contribution in [0.25, 0.3) is 0 Å². The molecule has 0 atom stereocenters. The number of carboxylic acid groups (broad SMARTS) is 1. The van der Waals surface area contributed by atoms with Gasteiger partial charge in [0, 0.05) is 12.1 Å². The van der Waals surface area contributed by atoms with Crippen LogP contribution in [0.3, 0.4) is 0 Å². The lowest BCUT2D eigenvalue weighted by Gasteiger charge is -2.07. The van der Waals surface area contributed by atoms with Crippen LogP contribution >= 0.6 is 11.6 Å². The summed E-state index contributed by atoms with van der Waals surface area (Å²) in [4.78, 5) is 25.1. The third-order valence-corrected chi connectivity index (χ3v) is 3.48. The van der Waals surface area contributed by atoms with Crippen LogP contribution in [-0.4, -0.2) is 31.0 Å². The van der Waals surface area contributed by atoms with Crippen molar-refractivity contribution in [1.29, 1.82) is 0 Å². The van der Waals surface area contributed by atoms with Crippen LogP contribution in [0.5, 0.6) is 0 Å². The van der Waals surface area contributed by atoms with Gasteiger partial charge in [-0.15, -0.1) is 0 Å². The van der Waals surface area contributed by atoms with E-state index in [1.54, 1.807) is 0 Å². The smallest absolute Gasteiger partial charge is 0.331 e. The maximum Gasteiger partial charge on any atom is 0.331 e. The Balaban J connectivity index is 2.96. The van der Waals surface area contributed by atoms with Crippen molar-refractivity contribution in [2.75, 3.05) is 6.61 Å². The van der Waals surface area contributed by atoms with Gasteiger partial charge in [0.15, 0.2) is 6.61 Å². The summed E-state index contributed by atoms with van der Waals surface area (Å²) in [5.74, 6) is -1.38. The average Bonchev–Trinajstić information content (AvgIpc) is 2.27. The molecule has 1 rings (SSSR count). The first-order valence-electron chi connectivity index (χ1n) is 4.53. The van der Waals surface area contributed by atoms with Crippen LogP contribution in [0.2, 0.25) is 5.02 Å². The lowest BCUT2D eigenvalue weighted by molar-refractivity contribution is -0.384. The Hall–Kier alpha value is -1.75. The van der Waals surface area contributed by atoms with Crippen molar-refractivity contribution < 1.29 is 28.1 Å². The number of nitrogens with zero attached hydrogens (tertiary/aromatic N) is 1. The second-order valence-corrected chi connectivity index (χ2v) is 5.16. The van der Waals surface area contributed by atoms with Gasteiger partial charge in [0.05, 0.1) is 9.95 Å². The molecule has 2 N–H and O–H groups in total. The van der Waals surface area contributed by atoms with Crippen LogP contribution in [0.1, 0.15) is 0 Å². The molecule has 9 nitrogen and oxygen atoms in total. The number of carbonyl (C=O) groups is 1. The van der Waals surface area contributed by atoms with E-state index in [4.69, 9.17) is 16.7 Å². The summed E-state index contributed by atoms with van der Waals surface area (Å²) in [7, 11) is -4.22. The van der Waals surface area contributed by atoms with Crippen molar-refractivity contribution in [3.8, 4) is 0 Å². The lowest BCUT2D eigenvalue weighted by atomic mass is 10.3. The molecule has 0 aliphatic heterocycles. The third-order valence-electron chi connectivity index (χ3n) is 1.78. The van der Waals surface area contributed by atoms with E-state index in [2.05, 4.69) is 4.84 Å². The van der Waals surface area contributed by atoms with Gasteiger partial charge in [-0.2, -0.15) is 0 Å². The minimum absolute atomic E-state index is 0.379. The van der Waals surface area contributed by atoms with Crippen LogP contribution in [0, 0.1) is 10.1 Å². The number of hydrogen-bond acceptors (Lipinski definition) is 6. The molecule has 1 aromatic rings. The predicted molar refractivity (Wildman–Crippen MR) is 62.0 cm³/mol. The van der Waals surface area contributed by atoms with Gasteiger partial charge in [0.25, 0.3) is 15.7 Å². The van der Waals surface area contributed by atoms with E-state index in [9.17, 15) is 23.3 Å². The fourth-order valence-corrected chi connectivity index (χ4v) is 2.38. The highest BCUT2D eigenvalue weighted by Crippen LogP contribution is 2.25. The molecular weight excluding hydrogens is 304 g/mol. The normalized spacial score (nSPS) is 11.2. The van der Waals surface area contributed by atoms with E-state index < -0.39 is 32.4 Å². The van der Waals surface area contributed by atoms with E-state index in [-0.39, 0.29) is 10.7 Å². The summed E-state index contributed by atoms with van der Waals surface area (Å²) >= 11 is 5.60. The number of nitro benzene ring substituents is 1. The number of sulfonamides is 1. The quantitative estimate of drug-likeness (QED) is 0.578. The van der Waals surface area contributed by atoms with Crippen molar-refractivity contribution in [3.05, 3.63) is 33.3 Å². The van der Waals surface area contributed by atoms with Gasteiger partial charge >= 0.3 is 5.97 Å². The Labute approximate surface area is 111 Å². The fraction of sp³-hybridized carbons (Fsp3) is 0.125. The predicted octanol–water partition coefficient (Wildman–Crippen LogP) is 0.543. The topological polar surface area (TPSA) is 136 Å². The molecular formula is C8H7ClN2O7S. The molecule has 0 aromatic heterocycles. The van der Waals surface area contributed by atoms with Gasteiger partial charge < -0.3 is 5.11 Å². The van der Waals surface area contributed by atoms with E-state index in [1.165, 1.54) is 4.89 Å². The number of nitro groups is 1. The number of benzene rings is 1. The molecule has 0 bridgehead atoms. The number of rotatable bonds is 6. The first-order chi connectivity index (χ1) is 8.74. The van der Waals surface area contributed by atoms with Gasteiger partial charge in [0.2, 0.25) is 0 Å². The molecule has 0 amide bonds. The number of hydrogen-bond donors (Lipinski definition) is 2. The fourth-order valence-electron chi connectivity index (χ4n) is 1.03. The van der Waals surface area contributed by atoms with Crippen LogP contribution in [-0.2, 0) is 19.7 Å². The summed E-state index contributed by atoms with van der Waals surface area (Å²) in [5, 5.41) is 18.3. The Morgan fingerprint density at radius 2 is 2.16 bits per heavy atom. The van der Waals surface area contributed by atoms with Crippen LogP contribution < -0.4 is 4.89 Å². The Morgan fingerprint density at radius 3 is 2.63 bits per heavy atom. The zero-order chi connectivity index (χ0) is 14.6. The zero-order valence-electron chi connectivity index (χ0n) is 9.07. The zero-order valence-corrected chi connectivity index (χ0v) is 10.6. The highest BCUT2D eigenvalue weighted by atomic mass is 35.5. The number of halogens is 1. The van der Waals surface area contributed by atoms with Crippen molar-refractivity contribution in [3.63, 3.8) is 0 Å². The average molecular weight is 311 g/mol. The van der Waals surface area contributed by atoms with Gasteiger partial charge in [0.1, 0.15) is 4.90 Å². The Morgan fingerprint density at radius 1 is 1.53 bits per heavy atom. The number of nitrogens with one attached hydrogen (secondary N) is 1. The molecule has 0 saturated carbocycles. The molecule has 0 saturated heterocycles. The van der Waals surface area contributed by atoms with Gasteiger partial charge in [-0.25, -0.2) is 13.2 Å². The standard InChI is InChI=1S/C8H7ClN2O7S/c9-6-3-5(11(14)15)1-2-7(6)19(16,17)10-18-4-8(12)13/h1-3,10H,4H2,(H,12,13). The number of non-ortho nitro benzene ring substituents is 1. The molecule has 0 aliphatic carbocycles. The molecule has 104 valence electrons. The minimum atomic E-state index is -4.22. The maximum absolute atomic E-state index is 11.6. The number of carboxylic acids is 1. The first kappa shape index (κ1) is 15.3. The molecule has 0 unspecified atom stereocenters. The summed E-state index contributed by atoms with van der Waals surface area (Å²) in [6, 6.07) is 2.71. The molecule has 0 radical (unpaired) electrons. The van der Waals surface area contributed by atoms with Gasteiger partial charge in [-0.05, 0) is 6.07 Å². The summed E-state index contributed by atoms with van der Waals surface area (Å²) < 4.78 is 23.3. The second-order valence-electron chi connectivity index (χ2n) is 3.14. The molecule has 11 heteroatoms. The van der Waals surface area contributed by atoms with Crippen molar-refractivity contribution >= 4 is 33.3 Å². The molecule has 1 aromatic carbocycles. The van der Waals surface area contributed by atoms with E-state index >= 15 is 0 Å². The number of aliphatic carboxylic acids is 1. The van der Waals surface area contributed by atoms with Crippen molar-refractivity contribution in [1.82, 2.24) is 4.89 Å². The molecule has 0 spiro atoms. The van der Waals surface area contributed by atoms with Gasteiger partial charge in [-0.1, -0.05) is 16.5 Å². The van der Waals surface area contributed by atoms with Crippen molar-refractivity contribution in [2.24, 2.45) is 0 Å². The highest BCUT2D eigenvalue weighted by molar-refractivity contribution is 7.89. The lowest BCUT2D eigenvalue weighted by Crippen LogP contribution is -2.27. The van der Waals surface area contributed by atoms with E-state index in [0.717, 1.165) is 18.2 Å². The molecule has 0 heterocycles. The van der Waals surface area contributed by atoms with E-state index in [1.807, 2.05) is 0 Å². The molecule has 19 heavy (non-hydrogen) atoms. The monoisotopic (exact) mass is 310 g/mol. The summed E-state index contributed by atoms with van der Waals surface area (Å²) in [5.41, 5.74) is -0.379. The highest BCUT2D eigenvalue weighted by Gasteiger charge is 2.21. The molecule has 0 fully saturated rings. The third kappa shape index (κ3) is 4.13. The van der Waals surface area contributed by atoms with Crippen molar-refractivity contribution in [2.45, 2.75) is 4.90 Å². The molecule has 0 aliphatic rings. The minimum Gasteiger partial charge on any atom is -0.479 e. The largest absolute Gasteiger partial charge is 0.479 e.